The Morgan fingerprint density at radius 3 is 2.63 bits per heavy atom. The van der Waals surface area contributed by atoms with Crippen LogP contribution in [0.2, 0.25) is 0 Å². The Bertz CT molecular complexity index is 434. The molecular formula is C16H24N2O. The summed E-state index contributed by atoms with van der Waals surface area (Å²) in [7, 11) is 0. The van der Waals surface area contributed by atoms with Crippen molar-refractivity contribution in [2.45, 2.75) is 45.7 Å². The number of carbonyl (C=O) groups excluding carboxylic acids is 1. The van der Waals surface area contributed by atoms with Crippen molar-refractivity contribution in [1.29, 1.82) is 0 Å². The molecule has 0 spiro atoms. The SMILES string of the molecule is CC1CCCC(C)C1NCc1cccc(C(N)=O)c1. The summed E-state index contributed by atoms with van der Waals surface area (Å²) >= 11 is 0. The number of benzene rings is 1. The topological polar surface area (TPSA) is 55.1 Å². The van der Waals surface area contributed by atoms with E-state index in [1.54, 1.807) is 6.07 Å². The van der Waals surface area contributed by atoms with Crippen molar-refractivity contribution in [3.8, 4) is 0 Å². The van der Waals surface area contributed by atoms with Crippen LogP contribution in [0.5, 0.6) is 0 Å². The zero-order valence-corrected chi connectivity index (χ0v) is 11.9. The highest BCUT2D eigenvalue weighted by molar-refractivity contribution is 5.92. The van der Waals surface area contributed by atoms with Gasteiger partial charge in [-0.2, -0.15) is 0 Å². The van der Waals surface area contributed by atoms with Gasteiger partial charge in [0, 0.05) is 18.2 Å². The normalized spacial score (nSPS) is 27.2. The first-order valence-corrected chi connectivity index (χ1v) is 7.20. The predicted molar refractivity (Wildman–Crippen MR) is 77.8 cm³/mol. The molecule has 2 unspecified atom stereocenters. The van der Waals surface area contributed by atoms with Crippen LogP contribution in [0, 0.1) is 11.8 Å². The van der Waals surface area contributed by atoms with E-state index in [-0.39, 0.29) is 5.91 Å². The molecule has 1 aromatic rings. The van der Waals surface area contributed by atoms with E-state index in [2.05, 4.69) is 19.2 Å². The molecule has 1 aliphatic carbocycles. The van der Waals surface area contributed by atoms with Crippen LogP contribution in [0.25, 0.3) is 0 Å². The van der Waals surface area contributed by atoms with Crippen molar-refractivity contribution in [3.05, 3.63) is 35.4 Å². The Morgan fingerprint density at radius 2 is 2.00 bits per heavy atom. The molecule has 104 valence electrons. The Kier molecular flexibility index (Phi) is 4.59. The van der Waals surface area contributed by atoms with Crippen LogP contribution in [0.4, 0.5) is 0 Å². The summed E-state index contributed by atoms with van der Waals surface area (Å²) in [6.45, 7) is 5.46. The van der Waals surface area contributed by atoms with Gasteiger partial charge in [0.05, 0.1) is 0 Å². The summed E-state index contributed by atoms with van der Waals surface area (Å²) in [5.41, 5.74) is 7.02. The highest BCUT2D eigenvalue weighted by atomic mass is 16.1. The standard InChI is InChI=1S/C16H24N2O/c1-11-5-3-6-12(2)15(11)18-10-13-7-4-8-14(9-13)16(17)19/h4,7-9,11-12,15,18H,3,5-6,10H2,1-2H3,(H2,17,19). The van der Waals surface area contributed by atoms with Crippen LogP contribution in [-0.4, -0.2) is 11.9 Å². The number of nitrogens with two attached hydrogens (primary N) is 1. The van der Waals surface area contributed by atoms with Gasteiger partial charge < -0.3 is 11.1 Å². The van der Waals surface area contributed by atoms with E-state index < -0.39 is 0 Å². The molecule has 0 saturated heterocycles. The van der Waals surface area contributed by atoms with E-state index in [1.807, 2.05) is 18.2 Å². The van der Waals surface area contributed by atoms with Gasteiger partial charge in [0.1, 0.15) is 0 Å². The third-order valence-corrected chi connectivity index (χ3v) is 4.30. The predicted octanol–water partition coefficient (Wildman–Crippen LogP) is 2.70. The van der Waals surface area contributed by atoms with Crippen LogP contribution >= 0.6 is 0 Å². The van der Waals surface area contributed by atoms with E-state index in [4.69, 9.17) is 5.73 Å². The zero-order valence-electron chi connectivity index (χ0n) is 11.9. The second-order valence-electron chi connectivity index (χ2n) is 5.86. The Labute approximate surface area is 115 Å². The monoisotopic (exact) mass is 260 g/mol. The van der Waals surface area contributed by atoms with Gasteiger partial charge in [-0.25, -0.2) is 0 Å². The molecule has 1 fully saturated rings. The summed E-state index contributed by atoms with van der Waals surface area (Å²) in [6, 6.07) is 8.15. The van der Waals surface area contributed by atoms with Crippen LogP contribution in [-0.2, 0) is 6.54 Å². The second-order valence-corrected chi connectivity index (χ2v) is 5.86. The molecule has 2 rings (SSSR count). The Balaban J connectivity index is 1.98. The minimum Gasteiger partial charge on any atom is -0.366 e. The van der Waals surface area contributed by atoms with Gasteiger partial charge in [0.15, 0.2) is 0 Å². The lowest BCUT2D eigenvalue weighted by Gasteiger charge is -2.35. The maximum absolute atomic E-state index is 11.2. The van der Waals surface area contributed by atoms with E-state index in [9.17, 15) is 4.79 Å². The van der Waals surface area contributed by atoms with Gasteiger partial charge in [-0.3, -0.25) is 4.79 Å². The number of amides is 1. The first kappa shape index (κ1) is 14.1. The van der Waals surface area contributed by atoms with Crippen molar-refractivity contribution < 1.29 is 4.79 Å². The highest BCUT2D eigenvalue weighted by Gasteiger charge is 2.26. The first-order valence-electron chi connectivity index (χ1n) is 7.20. The number of rotatable bonds is 4. The second kappa shape index (κ2) is 6.20. The maximum atomic E-state index is 11.2. The summed E-state index contributed by atoms with van der Waals surface area (Å²) in [5, 5.41) is 3.65. The highest BCUT2D eigenvalue weighted by Crippen LogP contribution is 2.28. The van der Waals surface area contributed by atoms with Gasteiger partial charge in [-0.05, 0) is 42.4 Å². The minimum absolute atomic E-state index is 0.360. The summed E-state index contributed by atoms with van der Waals surface area (Å²) in [6.07, 6.45) is 3.96. The van der Waals surface area contributed by atoms with Crippen molar-refractivity contribution >= 4 is 5.91 Å². The number of primary amides is 1. The van der Waals surface area contributed by atoms with E-state index in [0.29, 0.717) is 11.6 Å². The fraction of sp³-hybridized carbons (Fsp3) is 0.562. The zero-order chi connectivity index (χ0) is 13.8. The number of nitrogens with one attached hydrogen (secondary N) is 1. The van der Waals surface area contributed by atoms with Gasteiger partial charge in [-0.15, -0.1) is 0 Å². The largest absolute Gasteiger partial charge is 0.366 e. The van der Waals surface area contributed by atoms with Gasteiger partial charge in [0.2, 0.25) is 5.91 Å². The maximum Gasteiger partial charge on any atom is 0.248 e. The fourth-order valence-corrected chi connectivity index (χ4v) is 3.15. The van der Waals surface area contributed by atoms with Crippen LogP contribution in [0.15, 0.2) is 24.3 Å². The molecule has 0 radical (unpaired) electrons. The van der Waals surface area contributed by atoms with Crippen LogP contribution < -0.4 is 11.1 Å². The van der Waals surface area contributed by atoms with Crippen molar-refractivity contribution in [2.75, 3.05) is 0 Å². The van der Waals surface area contributed by atoms with E-state index in [0.717, 1.165) is 23.9 Å². The molecule has 3 N–H and O–H groups in total. The fourth-order valence-electron chi connectivity index (χ4n) is 3.15. The molecule has 1 aliphatic rings. The van der Waals surface area contributed by atoms with Crippen molar-refractivity contribution in [2.24, 2.45) is 17.6 Å². The van der Waals surface area contributed by atoms with E-state index >= 15 is 0 Å². The molecule has 1 amide bonds. The summed E-state index contributed by atoms with van der Waals surface area (Å²) in [5.74, 6) is 1.09. The van der Waals surface area contributed by atoms with Crippen LogP contribution in [0.1, 0.15) is 49.0 Å². The molecule has 0 aromatic heterocycles. The molecule has 0 bridgehead atoms. The molecule has 3 nitrogen and oxygen atoms in total. The van der Waals surface area contributed by atoms with Gasteiger partial charge in [-0.1, -0.05) is 32.4 Å². The van der Waals surface area contributed by atoms with Gasteiger partial charge in [0.25, 0.3) is 0 Å². The van der Waals surface area contributed by atoms with Crippen molar-refractivity contribution in [1.82, 2.24) is 5.32 Å². The lowest BCUT2D eigenvalue weighted by molar-refractivity contribution is 0.1000. The molecule has 19 heavy (non-hydrogen) atoms. The smallest absolute Gasteiger partial charge is 0.248 e. The third kappa shape index (κ3) is 3.57. The summed E-state index contributed by atoms with van der Waals surface area (Å²) in [4.78, 5) is 11.2. The molecular weight excluding hydrogens is 236 g/mol. The quantitative estimate of drug-likeness (QED) is 0.874. The average Bonchev–Trinajstić information content (AvgIpc) is 2.38. The van der Waals surface area contributed by atoms with Crippen LogP contribution in [0.3, 0.4) is 0 Å². The molecule has 0 aliphatic heterocycles. The van der Waals surface area contributed by atoms with Gasteiger partial charge >= 0.3 is 0 Å². The molecule has 1 aromatic carbocycles. The number of hydrogen-bond acceptors (Lipinski definition) is 2. The average molecular weight is 260 g/mol. The number of carbonyl (C=O) groups is 1. The summed E-state index contributed by atoms with van der Waals surface area (Å²) < 4.78 is 0. The molecule has 3 heteroatoms. The lowest BCUT2D eigenvalue weighted by Crippen LogP contribution is -2.42. The Morgan fingerprint density at radius 1 is 1.32 bits per heavy atom. The third-order valence-electron chi connectivity index (χ3n) is 4.30. The first-order chi connectivity index (χ1) is 9.08. The number of hydrogen-bond donors (Lipinski definition) is 2. The Hall–Kier alpha value is -1.35. The molecule has 1 saturated carbocycles. The minimum atomic E-state index is -0.360. The molecule has 0 heterocycles. The van der Waals surface area contributed by atoms with E-state index in [1.165, 1.54) is 19.3 Å². The lowest BCUT2D eigenvalue weighted by atomic mass is 9.78. The van der Waals surface area contributed by atoms with Crippen molar-refractivity contribution in [3.63, 3.8) is 0 Å². The molecule has 2 atom stereocenters.